The molecule has 0 aromatic heterocycles. The molecule has 2 N–H and O–H groups in total. The molecule has 0 amide bonds. The Bertz CT molecular complexity index is 542. The van der Waals surface area contributed by atoms with Crippen molar-refractivity contribution in [3.05, 3.63) is 35.9 Å². The van der Waals surface area contributed by atoms with Crippen molar-refractivity contribution in [1.29, 1.82) is 0 Å². The first-order chi connectivity index (χ1) is 12.2. The fourth-order valence-electron chi connectivity index (χ4n) is 3.12. The fourth-order valence-corrected chi connectivity index (χ4v) is 4.16. The molecule has 1 unspecified atom stereocenters. The first-order valence-corrected chi connectivity index (χ1v) is 10.8. The van der Waals surface area contributed by atoms with E-state index in [1.807, 2.05) is 30.3 Å². The van der Waals surface area contributed by atoms with Crippen LogP contribution in [0, 0.1) is 0 Å². The van der Waals surface area contributed by atoms with Crippen LogP contribution in [0.2, 0.25) is 0 Å². The molecular formula is C19H32N4OS. The normalized spacial score (nSPS) is 18.1. The maximum absolute atomic E-state index is 12.2. The molecule has 140 valence electrons. The van der Waals surface area contributed by atoms with Gasteiger partial charge in [0.15, 0.2) is 5.96 Å². The Balaban J connectivity index is 1.64. The number of likely N-dealkylation sites (tertiary alicyclic amines) is 1. The van der Waals surface area contributed by atoms with Crippen LogP contribution < -0.4 is 10.6 Å². The van der Waals surface area contributed by atoms with Gasteiger partial charge in [0.25, 0.3) is 0 Å². The molecule has 0 radical (unpaired) electrons. The van der Waals surface area contributed by atoms with Crippen LogP contribution in [0.4, 0.5) is 0 Å². The molecule has 1 aliphatic heterocycles. The first kappa shape index (κ1) is 19.9. The van der Waals surface area contributed by atoms with E-state index in [0.29, 0.717) is 24.1 Å². The number of nitrogens with one attached hydrogen (secondary N) is 2. The number of aliphatic imine (C=N–C) groups is 1. The van der Waals surface area contributed by atoms with E-state index in [-0.39, 0.29) is 0 Å². The summed E-state index contributed by atoms with van der Waals surface area (Å²) in [6.45, 7) is 6.42. The van der Waals surface area contributed by atoms with E-state index in [2.05, 4.69) is 27.4 Å². The quantitative estimate of drug-likeness (QED) is 0.547. The summed E-state index contributed by atoms with van der Waals surface area (Å²) < 4.78 is 12.2. The second-order valence-corrected chi connectivity index (χ2v) is 8.11. The van der Waals surface area contributed by atoms with E-state index >= 15 is 0 Å². The second-order valence-electron chi connectivity index (χ2n) is 6.53. The number of hydrogen-bond donors (Lipinski definition) is 2. The minimum absolute atomic E-state index is 0.481. The first-order valence-electron chi connectivity index (χ1n) is 9.29. The summed E-state index contributed by atoms with van der Waals surface area (Å²) >= 11 is 0. The third kappa shape index (κ3) is 7.57. The Morgan fingerprint density at radius 2 is 2.00 bits per heavy atom. The number of nitrogens with zero attached hydrogens (tertiary/aromatic N) is 2. The highest BCUT2D eigenvalue weighted by Crippen LogP contribution is 2.10. The van der Waals surface area contributed by atoms with Crippen LogP contribution in [0.25, 0.3) is 0 Å². The number of rotatable bonds is 8. The van der Waals surface area contributed by atoms with Crippen LogP contribution in [0.5, 0.6) is 0 Å². The van der Waals surface area contributed by atoms with Crippen LogP contribution >= 0.6 is 0 Å². The van der Waals surface area contributed by atoms with Gasteiger partial charge in [-0.1, -0.05) is 37.3 Å². The van der Waals surface area contributed by atoms with Crippen molar-refractivity contribution >= 4 is 16.8 Å². The number of benzene rings is 1. The molecule has 1 aromatic carbocycles. The van der Waals surface area contributed by atoms with E-state index in [1.165, 1.54) is 13.0 Å². The lowest BCUT2D eigenvalue weighted by atomic mass is 10.1. The molecular weight excluding hydrogens is 332 g/mol. The molecule has 1 atom stereocenters. The molecule has 0 aliphatic carbocycles. The van der Waals surface area contributed by atoms with Gasteiger partial charge in [-0.3, -0.25) is 9.20 Å². The standard InChI is InChI=1S/C19H32N4OS/c1-3-12-23-13-9-18(10-14-23)22-19(20-2)21-11-15-25(24)16-17-7-5-4-6-8-17/h4-8,18H,3,9-16H2,1-2H3,(H2,20,21,22). The summed E-state index contributed by atoms with van der Waals surface area (Å²) in [5.74, 6) is 2.07. The average molecular weight is 365 g/mol. The van der Waals surface area contributed by atoms with Gasteiger partial charge in [-0.15, -0.1) is 0 Å². The number of hydrogen-bond acceptors (Lipinski definition) is 3. The topological polar surface area (TPSA) is 56.7 Å². The molecule has 1 saturated heterocycles. The lowest BCUT2D eigenvalue weighted by molar-refractivity contribution is 0.206. The van der Waals surface area contributed by atoms with Gasteiger partial charge in [0.05, 0.1) is 0 Å². The van der Waals surface area contributed by atoms with Gasteiger partial charge in [0.1, 0.15) is 0 Å². The summed E-state index contributed by atoms with van der Waals surface area (Å²) in [6, 6.07) is 10.5. The van der Waals surface area contributed by atoms with Crippen LogP contribution in [-0.4, -0.2) is 60.1 Å². The van der Waals surface area contributed by atoms with Crippen molar-refractivity contribution in [2.24, 2.45) is 4.99 Å². The molecule has 6 heteroatoms. The van der Waals surface area contributed by atoms with Crippen molar-refractivity contribution in [2.75, 3.05) is 39.0 Å². The van der Waals surface area contributed by atoms with Crippen molar-refractivity contribution < 1.29 is 4.21 Å². The summed E-state index contributed by atoms with van der Waals surface area (Å²) in [6.07, 6.45) is 3.53. The largest absolute Gasteiger partial charge is 0.355 e. The van der Waals surface area contributed by atoms with E-state index in [1.54, 1.807) is 7.05 Å². The molecule has 0 bridgehead atoms. The number of piperidine rings is 1. The van der Waals surface area contributed by atoms with E-state index in [4.69, 9.17) is 0 Å². The van der Waals surface area contributed by atoms with Crippen molar-refractivity contribution in [3.8, 4) is 0 Å². The maximum atomic E-state index is 12.2. The van der Waals surface area contributed by atoms with Gasteiger partial charge >= 0.3 is 0 Å². The minimum Gasteiger partial charge on any atom is -0.355 e. The van der Waals surface area contributed by atoms with Gasteiger partial charge in [0.2, 0.25) is 0 Å². The fraction of sp³-hybridized carbons (Fsp3) is 0.632. The zero-order valence-corrected chi connectivity index (χ0v) is 16.4. The molecule has 1 fully saturated rings. The van der Waals surface area contributed by atoms with Gasteiger partial charge < -0.3 is 15.5 Å². The highest BCUT2D eigenvalue weighted by molar-refractivity contribution is 7.84. The zero-order chi connectivity index (χ0) is 17.9. The lowest BCUT2D eigenvalue weighted by Crippen LogP contribution is -2.49. The molecule has 2 rings (SSSR count). The van der Waals surface area contributed by atoms with Gasteiger partial charge in [-0.25, -0.2) is 0 Å². The summed E-state index contributed by atoms with van der Waals surface area (Å²) in [5, 5.41) is 6.81. The smallest absolute Gasteiger partial charge is 0.191 e. The highest BCUT2D eigenvalue weighted by atomic mass is 32.2. The zero-order valence-electron chi connectivity index (χ0n) is 15.5. The van der Waals surface area contributed by atoms with Crippen LogP contribution in [0.15, 0.2) is 35.3 Å². The van der Waals surface area contributed by atoms with Gasteiger partial charge in [-0.05, 0) is 31.4 Å². The molecule has 5 nitrogen and oxygen atoms in total. The second kappa shape index (κ2) is 11.3. The molecule has 25 heavy (non-hydrogen) atoms. The third-order valence-corrected chi connectivity index (χ3v) is 5.80. The van der Waals surface area contributed by atoms with Gasteiger partial charge in [0, 0.05) is 55.0 Å². The Morgan fingerprint density at radius 3 is 2.64 bits per heavy atom. The Morgan fingerprint density at radius 1 is 1.28 bits per heavy atom. The molecule has 0 spiro atoms. The van der Waals surface area contributed by atoms with E-state index in [9.17, 15) is 4.21 Å². The predicted octanol–water partition coefficient (Wildman–Crippen LogP) is 1.97. The van der Waals surface area contributed by atoms with Gasteiger partial charge in [-0.2, -0.15) is 0 Å². The summed E-state index contributed by atoms with van der Waals surface area (Å²) in [4.78, 5) is 6.83. The van der Waals surface area contributed by atoms with E-state index in [0.717, 1.165) is 37.5 Å². The molecule has 1 aromatic rings. The Kier molecular flexibility index (Phi) is 8.97. The summed E-state index contributed by atoms with van der Waals surface area (Å²) in [5.41, 5.74) is 1.13. The number of guanidine groups is 1. The lowest BCUT2D eigenvalue weighted by Gasteiger charge is -2.32. The minimum atomic E-state index is -0.855. The Hall–Kier alpha value is -1.40. The SMILES string of the molecule is CCCN1CCC(NC(=NC)NCCS(=O)Cc2ccccc2)CC1. The molecule has 0 saturated carbocycles. The van der Waals surface area contributed by atoms with Crippen molar-refractivity contribution in [3.63, 3.8) is 0 Å². The van der Waals surface area contributed by atoms with E-state index < -0.39 is 10.8 Å². The molecule has 1 aliphatic rings. The van der Waals surface area contributed by atoms with Crippen LogP contribution in [0.3, 0.4) is 0 Å². The highest BCUT2D eigenvalue weighted by Gasteiger charge is 2.19. The monoisotopic (exact) mass is 364 g/mol. The Labute approximate surface area is 154 Å². The van der Waals surface area contributed by atoms with Crippen LogP contribution in [-0.2, 0) is 16.6 Å². The molecule has 1 heterocycles. The van der Waals surface area contributed by atoms with Crippen molar-refractivity contribution in [1.82, 2.24) is 15.5 Å². The predicted molar refractivity (Wildman–Crippen MR) is 107 cm³/mol. The average Bonchev–Trinajstić information content (AvgIpc) is 2.63. The van der Waals surface area contributed by atoms with Crippen molar-refractivity contribution in [2.45, 2.75) is 38.0 Å². The maximum Gasteiger partial charge on any atom is 0.191 e. The third-order valence-electron chi connectivity index (χ3n) is 4.48. The summed E-state index contributed by atoms with van der Waals surface area (Å²) in [7, 11) is 0.939. The van der Waals surface area contributed by atoms with Crippen LogP contribution in [0.1, 0.15) is 31.7 Å².